The Morgan fingerprint density at radius 3 is 2.79 bits per heavy atom. The van der Waals surface area contributed by atoms with Crippen LogP contribution in [0.4, 0.5) is 0 Å². The highest BCUT2D eigenvalue weighted by Gasteiger charge is 2.07. The molecule has 3 aromatic carbocycles. The van der Waals surface area contributed by atoms with Crippen molar-refractivity contribution in [2.75, 3.05) is 13.0 Å². The van der Waals surface area contributed by atoms with Gasteiger partial charge in [-0.3, -0.25) is 0 Å². The molecule has 0 amide bonds. The van der Waals surface area contributed by atoms with Crippen LogP contribution < -0.4 is 5.32 Å². The standard InChI is InChI=1S/C25H27NO3/c1-18-6-2-11-22(14-18)24(27)17-26-13-5-8-19-7-3-9-20(15-19)21-10-4-12-23(16-21)25(28)29/h2-4,6-7,9-12,14-16,24,26-27H,5,8,13,17H2,1H3,(H,28,29)/t24-/m0/s1/i4D,5D2,10D,12D,13D2,16D,17D2. The van der Waals surface area contributed by atoms with Gasteiger partial charge in [-0.2, -0.15) is 0 Å². The molecule has 0 saturated carbocycles. The first-order valence-corrected chi connectivity index (χ1v) is 8.86. The summed E-state index contributed by atoms with van der Waals surface area (Å²) in [6, 6.07) is 9.32. The summed E-state index contributed by atoms with van der Waals surface area (Å²) in [5.74, 6) is -1.60. The Labute approximate surface area is 185 Å². The number of aromatic carboxylic acids is 1. The van der Waals surface area contributed by atoms with Gasteiger partial charge in [0.05, 0.1) is 17.2 Å². The Kier molecular flexibility index (Phi) is 3.90. The number of carboxylic acid groups (broad SMARTS) is 1. The van der Waals surface area contributed by atoms with Crippen LogP contribution in [0.2, 0.25) is 0 Å². The number of carboxylic acids is 1. The number of nitrogens with one attached hydrogen (secondary N) is 1. The summed E-state index contributed by atoms with van der Waals surface area (Å²) in [6.45, 7) is -4.01. The molecule has 4 nitrogen and oxygen atoms in total. The predicted octanol–water partition coefficient (Wildman–Crippen LogP) is 4.62. The van der Waals surface area contributed by atoms with E-state index in [1.165, 1.54) is 36.4 Å². The van der Waals surface area contributed by atoms with Gasteiger partial charge in [0.1, 0.15) is 0 Å². The van der Waals surface area contributed by atoms with Gasteiger partial charge in [0.2, 0.25) is 0 Å². The maximum atomic E-state index is 11.6. The first kappa shape index (κ1) is 11.3. The Bertz CT molecular complexity index is 1410. The summed E-state index contributed by atoms with van der Waals surface area (Å²) in [5, 5.41) is 22.0. The quantitative estimate of drug-likeness (QED) is 0.491. The molecule has 3 aromatic rings. The third-order valence-electron chi connectivity index (χ3n) is 4.06. The molecule has 0 aromatic heterocycles. The van der Waals surface area contributed by atoms with Crippen molar-refractivity contribution in [3.05, 3.63) is 95.0 Å². The molecule has 0 radical (unpaired) electrons. The molecule has 29 heavy (non-hydrogen) atoms. The van der Waals surface area contributed by atoms with Crippen molar-refractivity contribution in [1.82, 2.24) is 5.32 Å². The smallest absolute Gasteiger partial charge is 0.335 e. The number of rotatable bonds is 9. The summed E-state index contributed by atoms with van der Waals surface area (Å²) >= 11 is 0. The summed E-state index contributed by atoms with van der Waals surface area (Å²) < 4.78 is 82.1. The van der Waals surface area contributed by atoms with Crippen LogP contribution in [-0.4, -0.2) is 29.2 Å². The van der Waals surface area contributed by atoms with E-state index in [9.17, 15) is 15.0 Å². The highest BCUT2D eigenvalue weighted by Crippen LogP contribution is 2.22. The molecule has 3 rings (SSSR count). The molecule has 0 fully saturated rings. The second kappa shape index (κ2) is 10.0. The van der Waals surface area contributed by atoms with E-state index in [2.05, 4.69) is 0 Å². The number of hydrogen-bond acceptors (Lipinski definition) is 3. The molecule has 150 valence electrons. The van der Waals surface area contributed by atoms with Gasteiger partial charge < -0.3 is 15.5 Å². The van der Waals surface area contributed by atoms with Crippen molar-refractivity contribution in [3.63, 3.8) is 0 Å². The molecule has 1 atom stereocenters. The van der Waals surface area contributed by atoms with Crippen LogP contribution in [0.15, 0.2) is 72.7 Å². The van der Waals surface area contributed by atoms with Crippen molar-refractivity contribution in [1.29, 1.82) is 0 Å². The normalized spacial score (nSPS) is 18.4. The van der Waals surface area contributed by atoms with Crippen LogP contribution in [-0.2, 0) is 6.42 Å². The van der Waals surface area contributed by atoms with E-state index in [-0.39, 0.29) is 22.3 Å². The molecule has 3 N–H and O–H groups in total. The molecule has 0 aliphatic heterocycles. The number of aryl methyl sites for hydroxylation is 2. The predicted molar refractivity (Wildman–Crippen MR) is 116 cm³/mol. The van der Waals surface area contributed by atoms with Crippen molar-refractivity contribution >= 4 is 5.97 Å². The van der Waals surface area contributed by atoms with Crippen molar-refractivity contribution in [2.24, 2.45) is 0 Å². The fourth-order valence-electron chi connectivity index (χ4n) is 2.65. The Morgan fingerprint density at radius 2 is 2.00 bits per heavy atom. The van der Waals surface area contributed by atoms with E-state index in [1.54, 1.807) is 19.1 Å². The molecule has 0 unspecified atom stereocenters. The Hall–Kier alpha value is -2.95. The zero-order valence-electron chi connectivity index (χ0n) is 25.7. The molecule has 0 aliphatic rings. The van der Waals surface area contributed by atoms with Crippen LogP contribution in [0.1, 0.15) is 53.2 Å². The first-order valence-electron chi connectivity index (χ1n) is 13.9. The van der Waals surface area contributed by atoms with Gasteiger partial charge in [0.15, 0.2) is 0 Å². The monoisotopic (exact) mass is 399 g/mol. The van der Waals surface area contributed by atoms with Crippen LogP contribution in [0.25, 0.3) is 11.1 Å². The summed E-state index contributed by atoms with van der Waals surface area (Å²) in [6.07, 6.45) is -5.15. The maximum Gasteiger partial charge on any atom is 0.335 e. The van der Waals surface area contributed by atoms with Crippen molar-refractivity contribution < 1.29 is 28.7 Å². The lowest BCUT2D eigenvalue weighted by atomic mass is 9.99. The zero-order chi connectivity index (χ0) is 29.5. The van der Waals surface area contributed by atoms with E-state index in [0.29, 0.717) is 0 Å². The highest BCUT2D eigenvalue weighted by atomic mass is 16.4. The van der Waals surface area contributed by atoms with E-state index < -0.39 is 67.6 Å². The van der Waals surface area contributed by atoms with Crippen LogP contribution in [0.3, 0.4) is 0 Å². The van der Waals surface area contributed by atoms with Gasteiger partial charge in [-0.15, -0.1) is 0 Å². The second-order valence-corrected chi connectivity index (χ2v) is 6.32. The van der Waals surface area contributed by atoms with Gasteiger partial charge in [-0.1, -0.05) is 66.2 Å². The molecule has 0 bridgehead atoms. The van der Waals surface area contributed by atoms with Crippen molar-refractivity contribution in [3.8, 4) is 11.1 Å². The van der Waals surface area contributed by atoms with Crippen LogP contribution in [0.5, 0.6) is 0 Å². The first-order chi connectivity index (χ1) is 17.9. The number of hydrogen-bond donors (Lipinski definition) is 3. The lowest BCUT2D eigenvalue weighted by Crippen LogP contribution is -2.22. The van der Waals surface area contributed by atoms with E-state index in [1.807, 2.05) is 5.32 Å². The lowest BCUT2D eigenvalue weighted by molar-refractivity contribution is 0.0697. The van der Waals surface area contributed by atoms with Gasteiger partial charge in [-0.25, -0.2) is 4.79 Å². The highest BCUT2D eigenvalue weighted by molar-refractivity contribution is 5.89. The topological polar surface area (TPSA) is 69.6 Å². The fraction of sp³-hybridized carbons (Fsp3) is 0.240. The third kappa shape index (κ3) is 6.01. The van der Waals surface area contributed by atoms with Crippen molar-refractivity contribution in [2.45, 2.75) is 25.8 Å². The largest absolute Gasteiger partial charge is 0.478 e. The van der Waals surface area contributed by atoms with E-state index in [4.69, 9.17) is 13.7 Å². The minimum absolute atomic E-state index is 0.105. The molecule has 4 heteroatoms. The molecule has 0 spiro atoms. The van der Waals surface area contributed by atoms with Crippen LogP contribution in [0, 0.1) is 6.92 Å². The van der Waals surface area contributed by atoms with Gasteiger partial charge in [-0.05, 0) is 60.6 Å². The third-order valence-corrected chi connectivity index (χ3v) is 4.06. The van der Waals surface area contributed by atoms with Crippen LogP contribution >= 0.6 is 0 Å². The molecular formula is C25H27NO3. The van der Waals surface area contributed by atoms with E-state index in [0.717, 1.165) is 5.56 Å². The summed E-state index contributed by atoms with van der Waals surface area (Å²) in [7, 11) is 0. The van der Waals surface area contributed by atoms with Gasteiger partial charge in [0.25, 0.3) is 0 Å². The minimum atomic E-state index is -2.99. The number of aliphatic hydroxyl groups excluding tert-OH is 1. The Balaban J connectivity index is 1.93. The molecule has 0 heterocycles. The average Bonchev–Trinajstić information content (AvgIpc) is 2.81. The fourth-order valence-corrected chi connectivity index (χ4v) is 2.65. The SMILES string of the molecule is [2H]c1c([2H])c(C(=O)O)c([2H])c(-c2cccc(CC([2H])([2H])C([2H])([2H])NC([2H])([2H])[C@H](O)c3cccc(C)c3)c2)c1[2H]. The lowest BCUT2D eigenvalue weighted by Gasteiger charge is -2.13. The molecular weight excluding hydrogens is 362 g/mol. The Morgan fingerprint density at radius 1 is 1.17 bits per heavy atom. The minimum Gasteiger partial charge on any atom is -0.478 e. The second-order valence-electron chi connectivity index (χ2n) is 6.32. The van der Waals surface area contributed by atoms with Gasteiger partial charge in [0, 0.05) is 14.7 Å². The summed E-state index contributed by atoms with van der Waals surface area (Å²) in [4.78, 5) is 11.6. The molecule has 0 aliphatic carbocycles. The maximum absolute atomic E-state index is 11.6. The average molecular weight is 400 g/mol. The molecule has 0 saturated heterocycles. The van der Waals surface area contributed by atoms with Gasteiger partial charge >= 0.3 is 5.97 Å². The zero-order valence-corrected chi connectivity index (χ0v) is 15.7. The number of aliphatic hydroxyl groups is 1. The number of carbonyl (C=O) groups is 1. The summed E-state index contributed by atoms with van der Waals surface area (Å²) in [5.41, 5.74) is 0.226. The number of benzene rings is 3. The van der Waals surface area contributed by atoms with E-state index >= 15 is 0 Å².